The second kappa shape index (κ2) is 6.42. The summed E-state index contributed by atoms with van der Waals surface area (Å²) in [5.41, 5.74) is 6.44. The first kappa shape index (κ1) is 14.5. The Kier molecular flexibility index (Phi) is 5.49. The normalized spacial score (nSPS) is 12.8. The summed E-state index contributed by atoms with van der Waals surface area (Å²) in [7, 11) is 1.97. The summed E-state index contributed by atoms with van der Waals surface area (Å²) in [6.45, 7) is 2.72. The SMILES string of the molecule is CC(CC(N)=S)N(C)Cc1cc(F)cc(Br)c1. The maximum Gasteiger partial charge on any atom is 0.124 e. The van der Waals surface area contributed by atoms with Crippen LogP contribution in [0.25, 0.3) is 0 Å². The molecule has 0 aromatic heterocycles. The van der Waals surface area contributed by atoms with Gasteiger partial charge in [0, 0.05) is 23.5 Å². The zero-order valence-corrected chi connectivity index (χ0v) is 12.3. The Balaban J connectivity index is 2.66. The van der Waals surface area contributed by atoms with Crippen molar-refractivity contribution in [3.63, 3.8) is 0 Å². The maximum absolute atomic E-state index is 13.2. The molecule has 0 saturated heterocycles. The molecule has 0 aliphatic carbocycles. The quantitative estimate of drug-likeness (QED) is 0.846. The monoisotopic (exact) mass is 318 g/mol. The fraction of sp³-hybridized carbons (Fsp3) is 0.417. The largest absolute Gasteiger partial charge is 0.393 e. The third-order valence-corrected chi connectivity index (χ3v) is 3.23. The van der Waals surface area contributed by atoms with Gasteiger partial charge in [0.2, 0.25) is 0 Å². The van der Waals surface area contributed by atoms with E-state index in [4.69, 9.17) is 18.0 Å². The summed E-state index contributed by atoms with van der Waals surface area (Å²) in [4.78, 5) is 2.60. The highest BCUT2D eigenvalue weighted by molar-refractivity contribution is 9.10. The van der Waals surface area contributed by atoms with E-state index in [2.05, 4.69) is 20.8 Å². The average molecular weight is 319 g/mol. The highest BCUT2D eigenvalue weighted by Crippen LogP contribution is 2.17. The Morgan fingerprint density at radius 2 is 2.18 bits per heavy atom. The number of nitrogens with two attached hydrogens (primary N) is 1. The highest BCUT2D eigenvalue weighted by Gasteiger charge is 2.11. The lowest BCUT2D eigenvalue weighted by Crippen LogP contribution is -2.32. The lowest BCUT2D eigenvalue weighted by molar-refractivity contribution is 0.255. The van der Waals surface area contributed by atoms with Crippen LogP contribution in [0.1, 0.15) is 18.9 Å². The standard InChI is InChI=1S/C12H16BrFN2S/c1-8(3-12(15)17)16(2)7-9-4-10(13)6-11(14)5-9/h4-6,8H,3,7H2,1-2H3,(H2,15,17). The molecule has 17 heavy (non-hydrogen) atoms. The van der Waals surface area contributed by atoms with Crippen LogP contribution in [-0.4, -0.2) is 23.0 Å². The average Bonchev–Trinajstić information content (AvgIpc) is 2.14. The van der Waals surface area contributed by atoms with Gasteiger partial charge in [-0.05, 0) is 37.7 Å². The van der Waals surface area contributed by atoms with Crippen molar-refractivity contribution in [2.45, 2.75) is 25.9 Å². The van der Waals surface area contributed by atoms with Crippen LogP contribution in [0.2, 0.25) is 0 Å². The van der Waals surface area contributed by atoms with Crippen molar-refractivity contribution >= 4 is 33.1 Å². The minimum atomic E-state index is -0.232. The second-order valence-corrected chi connectivity index (χ2v) is 5.65. The van der Waals surface area contributed by atoms with Gasteiger partial charge in [0.05, 0.1) is 4.99 Å². The minimum absolute atomic E-state index is 0.232. The fourth-order valence-corrected chi connectivity index (χ4v) is 2.35. The molecule has 0 spiro atoms. The van der Waals surface area contributed by atoms with Gasteiger partial charge in [-0.3, -0.25) is 4.90 Å². The molecule has 1 rings (SSSR count). The molecule has 2 nitrogen and oxygen atoms in total. The van der Waals surface area contributed by atoms with Gasteiger partial charge >= 0.3 is 0 Å². The zero-order valence-electron chi connectivity index (χ0n) is 9.91. The van der Waals surface area contributed by atoms with E-state index in [1.807, 2.05) is 20.0 Å². The molecule has 0 amide bonds. The zero-order chi connectivity index (χ0) is 13.0. The van der Waals surface area contributed by atoms with Crippen molar-refractivity contribution in [3.05, 3.63) is 34.1 Å². The molecule has 94 valence electrons. The number of benzene rings is 1. The Bertz CT molecular complexity index is 391. The number of thiocarbonyl (C=S) groups is 1. The van der Waals surface area contributed by atoms with Crippen molar-refractivity contribution < 1.29 is 4.39 Å². The molecule has 0 aliphatic rings. The van der Waals surface area contributed by atoms with Gasteiger partial charge < -0.3 is 5.73 Å². The van der Waals surface area contributed by atoms with Crippen molar-refractivity contribution in [3.8, 4) is 0 Å². The third kappa shape index (κ3) is 5.10. The first-order valence-electron chi connectivity index (χ1n) is 5.32. The molecule has 1 atom stereocenters. The van der Waals surface area contributed by atoms with E-state index in [-0.39, 0.29) is 11.9 Å². The Morgan fingerprint density at radius 3 is 2.71 bits per heavy atom. The molecule has 0 saturated carbocycles. The van der Waals surface area contributed by atoms with E-state index < -0.39 is 0 Å². The molecule has 0 heterocycles. The number of nitrogens with zero attached hydrogens (tertiary/aromatic N) is 1. The fourth-order valence-electron chi connectivity index (χ4n) is 1.59. The van der Waals surface area contributed by atoms with Gasteiger partial charge in [0.25, 0.3) is 0 Å². The van der Waals surface area contributed by atoms with Crippen molar-refractivity contribution in [1.82, 2.24) is 4.90 Å². The predicted octanol–water partition coefficient (Wildman–Crippen LogP) is 3.08. The summed E-state index contributed by atoms with van der Waals surface area (Å²) in [6, 6.07) is 5.14. The highest BCUT2D eigenvalue weighted by atomic mass is 79.9. The molecular weight excluding hydrogens is 303 g/mol. The van der Waals surface area contributed by atoms with E-state index in [0.717, 1.165) is 10.0 Å². The van der Waals surface area contributed by atoms with E-state index >= 15 is 0 Å². The van der Waals surface area contributed by atoms with E-state index in [0.29, 0.717) is 18.0 Å². The predicted molar refractivity (Wildman–Crippen MR) is 76.4 cm³/mol. The first-order chi connectivity index (χ1) is 7.88. The number of hydrogen-bond acceptors (Lipinski definition) is 2. The Morgan fingerprint density at radius 1 is 1.53 bits per heavy atom. The van der Waals surface area contributed by atoms with Gasteiger partial charge in [-0.15, -0.1) is 0 Å². The number of rotatable bonds is 5. The van der Waals surface area contributed by atoms with E-state index in [1.54, 1.807) is 0 Å². The summed E-state index contributed by atoms with van der Waals surface area (Å²) in [5.74, 6) is -0.232. The van der Waals surface area contributed by atoms with Crippen LogP contribution in [0.5, 0.6) is 0 Å². The number of halogens is 2. The van der Waals surface area contributed by atoms with Crippen LogP contribution in [0.4, 0.5) is 4.39 Å². The summed E-state index contributed by atoms with van der Waals surface area (Å²) >= 11 is 8.16. The molecule has 2 N–H and O–H groups in total. The van der Waals surface area contributed by atoms with Crippen LogP contribution in [0.15, 0.2) is 22.7 Å². The molecule has 0 fully saturated rings. The van der Waals surface area contributed by atoms with E-state index in [1.165, 1.54) is 12.1 Å². The van der Waals surface area contributed by atoms with Crippen LogP contribution in [0, 0.1) is 5.82 Å². The molecule has 0 aliphatic heterocycles. The smallest absolute Gasteiger partial charge is 0.124 e. The molecule has 1 unspecified atom stereocenters. The van der Waals surface area contributed by atoms with Crippen molar-refractivity contribution in [2.24, 2.45) is 5.73 Å². The van der Waals surface area contributed by atoms with Gasteiger partial charge in [0.15, 0.2) is 0 Å². The second-order valence-electron chi connectivity index (χ2n) is 4.21. The summed E-state index contributed by atoms with van der Waals surface area (Å²) < 4.78 is 14.0. The van der Waals surface area contributed by atoms with Gasteiger partial charge in [0.1, 0.15) is 5.82 Å². The first-order valence-corrected chi connectivity index (χ1v) is 6.52. The van der Waals surface area contributed by atoms with Crippen LogP contribution < -0.4 is 5.73 Å². The van der Waals surface area contributed by atoms with Crippen molar-refractivity contribution in [2.75, 3.05) is 7.05 Å². The topological polar surface area (TPSA) is 29.3 Å². The van der Waals surface area contributed by atoms with Crippen LogP contribution >= 0.6 is 28.1 Å². The third-order valence-electron chi connectivity index (χ3n) is 2.60. The lowest BCUT2D eigenvalue weighted by atomic mass is 10.1. The maximum atomic E-state index is 13.2. The molecule has 1 aromatic carbocycles. The summed E-state index contributed by atoms with van der Waals surface area (Å²) in [6.07, 6.45) is 0.669. The summed E-state index contributed by atoms with van der Waals surface area (Å²) in [5, 5.41) is 0. The van der Waals surface area contributed by atoms with Crippen LogP contribution in [-0.2, 0) is 6.54 Å². The van der Waals surface area contributed by atoms with Gasteiger partial charge in [-0.25, -0.2) is 4.39 Å². The molecule has 0 radical (unpaired) electrons. The molecule has 1 aromatic rings. The molecule has 0 bridgehead atoms. The molecular formula is C12H16BrFN2S. The minimum Gasteiger partial charge on any atom is -0.393 e. The Hall–Kier alpha value is -0.520. The lowest BCUT2D eigenvalue weighted by Gasteiger charge is -2.24. The van der Waals surface area contributed by atoms with Crippen molar-refractivity contribution in [1.29, 1.82) is 0 Å². The number of hydrogen-bond donors (Lipinski definition) is 1. The van der Waals surface area contributed by atoms with E-state index in [9.17, 15) is 4.39 Å². The molecule has 5 heteroatoms. The van der Waals surface area contributed by atoms with Crippen LogP contribution in [0.3, 0.4) is 0 Å². The van der Waals surface area contributed by atoms with Gasteiger partial charge in [-0.1, -0.05) is 28.1 Å². The van der Waals surface area contributed by atoms with Gasteiger partial charge in [-0.2, -0.15) is 0 Å². The Labute approximate surface area is 115 Å².